The first-order valence-corrected chi connectivity index (χ1v) is 9.83. The van der Waals surface area contributed by atoms with Crippen molar-refractivity contribution in [2.24, 2.45) is 11.8 Å². The molecule has 0 radical (unpaired) electrons. The van der Waals surface area contributed by atoms with Gasteiger partial charge in [-0.15, -0.1) is 0 Å². The Morgan fingerprint density at radius 3 is 1.73 bits per heavy atom. The van der Waals surface area contributed by atoms with Gasteiger partial charge >= 0.3 is 17.9 Å². The minimum absolute atomic E-state index is 0.00172. The average molecular weight is 373 g/mol. The van der Waals surface area contributed by atoms with Crippen molar-refractivity contribution in [2.75, 3.05) is 0 Å². The van der Waals surface area contributed by atoms with Crippen LogP contribution in [-0.4, -0.2) is 34.2 Å². The van der Waals surface area contributed by atoms with Crippen molar-refractivity contribution in [1.29, 1.82) is 0 Å². The van der Waals surface area contributed by atoms with E-state index in [2.05, 4.69) is 13.8 Å². The number of aliphatic carboxylic acids is 2. The highest BCUT2D eigenvalue weighted by Crippen LogP contribution is 2.16. The summed E-state index contributed by atoms with van der Waals surface area (Å²) in [5.41, 5.74) is 0. The van der Waals surface area contributed by atoms with E-state index in [1.54, 1.807) is 6.92 Å². The lowest BCUT2D eigenvalue weighted by molar-refractivity contribution is -0.154. The second-order valence-electron chi connectivity index (χ2n) is 7.71. The third-order valence-electron chi connectivity index (χ3n) is 4.30. The van der Waals surface area contributed by atoms with Crippen LogP contribution in [-0.2, 0) is 19.1 Å². The van der Waals surface area contributed by atoms with Gasteiger partial charge in [0, 0.05) is 12.8 Å². The van der Waals surface area contributed by atoms with E-state index in [1.165, 1.54) is 25.7 Å². The van der Waals surface area contributed by atoms with E-state index in [0.717, 1.165) is 25.2 Å². The fraction of sp³-hybridized carbons (Fsp3) is 0.850. The van der Waals surface area contributed by atoms with Crippen LogP contribution in [0.2, 0.25) is 0 Å². The fourth-order valence-corrected chi connectivity index (χ4v) is 2.92. The van der Waals surface area contributed by atoms with Gasteiger partial charge in [0.25, 0.3) is 0 Å². The van der Waals surface area contributed by atoms with E-state index in [9.17, 15) is 14.4 Å². The molecule has 26 heavy (non-hydrogen) atoms. The van der Waals surface area contributed by atoms with Crippen LogP contribution in [0, 0.1) is 11.8 Å². The Kier molecular flexibility index (Phi) is 13.7. The minimum atomic E-state index is -0.991. The van der Waals surface area contributed by atoms with Crippen molar-refractivity contribution in [3.8, 4) is 0 Å². The molecule has 0 bridgehead atoms. The maximum absolute atomic E-state index is 11.9. The Hall–Kier alpha value is -1.59. The molecule has 0 amide bonds. The Morgan fingerprint density at radius 2 is 1.23 bits per heavy atom. The van der Waals surface area contributed by atoms with Crippen molar-refractivity contribution in [2.45, 2.75) is 97.5 Å². The number of ether oxygens (including phenoxy) is 1. The molecule has 0 aliphatic carbocycles. The molecule has 0 rings (SSSR count). The largest absolute Gasteiger partial charge is 0.481 e. The van der Waals surface area contributed by atoms with E-state index < -0.39 is 24.0 Å². The molecule has 2 atom stereocenters. The zero-order valence-corrected chi connectivity index (χ0v) is 16.5. The van der Waals surface area contributed by atoms with Crippen LogP contribution in [0.3, 0.4) is 0 Å². The molecule has 0 spiro atoms. The van der Waals surface area contributed by atoms with E-state index in [-0.39, 0.29) is 25.2 Å². The molecule has 1 unspecified atom stereocenters. The number of carbonyl (C=O) groups is 3. The summed E-state index contributed by atoms with van der Waals surface area (Å²) in [7, 11) is 0. The minimum Gasteiger partial charge on any atom is -0.481 e. The van der Waals surface area contributed by atoms with Crippen LogP contribution >= 0.6 is 0 Å². The first kappa shape index (κ1) is 24.4. The first-order valence-electron chi connectivity index (χ1n) is 9.83. The van der Waals surface area contributed by atoms with Gasteiger partial charge in [-0.2, -0.15) is 0 Å². The van der Waals surface area contributed by atoms with Crippen molar-refractivity contribution in [3.63, 3.8) is 0 Å². The SMILES string of the molecule is CC(C)CCCCCCCC[C@H](CC(=O)O)OC(=O)CC(C)CC(=O)O. The number of carboxylic acids is 2. The van der Waals surface area contributed by atoms with Gasteiger partial charge in [0.1, 0.15) is 6.10 Å². The molecule has 6 heteroatoms. The van der Waals surface area contributed by atoms with Gasteiger partial charge in [-0.25, -0.2) is 0 Å². The number of unbranched alkanes of at least 4 members (excludes halogenated alkanes) is 5. The number of hydrogen-bond donors (Lipinski definition) is 2. The van der Waals surface area contributed by atoms with Crippen LogP contribution in [0.4, 0.5) is 0 Å². The van der Waals surface area contributed by atoms with E-state index in [4.69, 9.17) is 14.9 Å². The van der Waals surface area contributed by atoms with Crippen molar-refractivity contribution in [3.05, 3.63) is 0 Å². The van der Waals surface area contributed by atoms with E-state index in [1.807, 2.05) is 0 Å². The molecule has 152 valence electrons. The van der Waals surface area contributed by atoms with E-state index >= 15 is 0 Å². The van der Waals surface area contributed by atoms with Gasteiger partial charge in [0.15, 0.2) is 0 Å². The molecule has 0 aromatic carbocycles. The van der Waals surface area contributed by atoms with Gasteiger partial charge < -0.3 is 14.9 Å². The highest BCUT2D eigenvalue weighted by atomic mass is 16.5. The highest BCUT2D eigenvalue weighted by molar-refractivity contribution is 5.73. The molecule has 0 fully saturated rings. The Morgan fingerprint density at radius 1 is 0.731 bits per heavy atom. The first-order chi connectivity index (χ1) is 12.2. The van der Waals surface area contributed by atoms with Gasteiger partial charge in [-0.1, -0.05) is 59.3 Å². The van der Waals surface area contributed by atoms with Gasteiger partial charge in [0.05, 0.1) is 6.42 Å². The molecule has 0 aromatic rings. The third-order valence-corrected chi connectivity index (χ3v) is 4.30. The lowest BCUT2D eigenvalue weighted by Crippen LogP contribution is -2.23. The number of rotatable bonds is 16. The van der Waals surface area contributed by atoms with E-state index in [0.29, 0.717) is 6.42 Å². The standard InChI is InChI=1S/C20H36O6/c1-15(2)10-8-6-4-5-7-9-11-17(14-19(23)24)26-20(25)13-16(3)12-18(21)22/h15-17H,4-14H2,1-3H3,(H,21,22)(H,23,24)/t16?,17-/m1/s1. The van der Waals surface area contributed by atoms with Crippen LogP contribution < -0.4 is 0 Å². The average Bonchev–Trinajstić information content (AvgIpc) is 2.47. The summed E-state index contributed by atoms with van der Waals surface area (Å²) < 4.78 is 5.27. The third kappa shape index (κ3) is 15.9. The summed E-state index contributed by atoms with van der Waals surface area (Å²) in [6.07, 6.45) is 7.49. The van der Waals surface area contributed by atoms with Crippen LogP contribution in [0.25, 0.3) is 0 Å². The monoisotopic (exact) mass is 372 g/mol. The van der Waals surface area contributed by atoms with Crippen molar-refractivity contribution >= 4 is 17.9 Å². The van der Waals surface area contributed by atoms with Crippen molar-refractivity contribution in [1.82, 2.24) is 0 Å². The molecule has 2 N–H and O–H groups in total. The summed E-state index contributed by atoms with van der Waals surface area (Å²) in [6.45, 7) is 6.12. The summed E-state index contributed by atoms with van der Waals surface area (Å²) >= 11 is 0. The summed E-state index contributed by atoms with van der Waals surface area (Å²) in [6, 6.07) is 0. The zero-order valence-electron chi connectivity index (χ0n) is 16.5. The molecule has 0 saturated carbocycles. The summed E-state index contributed by atoms with van der Waals surface area (Å²) in [5, 5.41) is 17.7. The Balaban J connectivity index is 4.03. The molecule has 6 nitrogen and oxygen atoms in total. The molecular weight excluding hydrogens is 336 g/mol. The van der Waals surface area contributed by atoms with Crippen LogP contribution in [0.1, 0.15) is 91.4 Å². The Bertz CT molecular complexity index is 419. The fourth-order valence-electron chi connectivity index (χ4n) is 2.92. The number of hydrogen-bond acceptors (Lipinski definition) is 4. The van der Waals surface area contributed by atoms with Crippen LogP contribution in [0.5, 0.6) is 0 Å². The zero-order chi connectivity index (χ0) is 19.9. The predicted octanol–water partition coefficient (Wildman–Crippen LogP) is 4.65. The number of carboxylic acid groups (broad SMARTS) is 2. The number of carbonyl (C=O) groups excluding carboxylic acids is 1. The van der Waals surface area contributed by atoms with Crippen LogP contribution in [0.15, 0.2) is 0 Å². The highest BCUT2D eigenvalue weighted by Gasteiger charge is 2.20. The second kappa shape index (κ2) is 14.6. The lowest BCUT2D eigenvalue weighted by Gasteiger charge is -2.17. The normalized spacial score (nSPS) is 13.4. The van der Waals surface area contributed by atoms with Gasteiger partial charge in [0.2, 0.25) is 0 Å². The molecule has 0 aliphatic rings. The predicted molar refractivity (Wildman–Crippen MR) is 99.9 cm³/mol. The van der Waals surface area contributed by atoms with Crippen molar-refractivity contribution < 1.29 is 29.3 Å². The second-order valence-corrected chi connectivity index (χ2v) is 7.71. The molecule has 0 aromatic heterocycles. The number of esters is 1. The smallest absolute Gasteiger partial charge is 0.307 e. The van der Waals surface area contributed by atoms with Gasteiger partial charge in [-0.3, -0.25) is 14.4 Å². The summed E-state index contributed by atoms with van der Waals surface area (Å²) in [5.74, 6) is -2.04. The van der Waals surface area contributed by atoms with Gasteiger partial charge in [-0.05, 0) is 24.7 Å². The topological polar surface area (TPSA) is 101 Å². The molecule has 0 saturated heterocycles. The lowest BCUT2D eigenvalue weighted by atomic mass is 10.0. The molecular formula is C20H36O6. The quantitative estimate of drug-likeness (QED) is 0.302. The molecule has 0 heterocycles. The Labute approximate surface area is 157 Å². The maximum Gasteiger partial charge on any atom is 0.307 e. The molecule has 0 aliphatic heterocycles. The maximum atomic E-state index is 11.9. The summed E-state index contributed by atoms with van der Waals surface area (Å²) in [4.78, 5) is 33.5.